The van der Waals surface area contributed by atoms with Crippen LogP contribution in [0.25, 0.3) is 0 Å². The van der Waals surface area contributed by atoms with Gasteiger partial charge in [-0.25, -0.2) is 4.39 Å². The highest BCUT2D eigenvalue weighted by Gasteiger charge is 2.12. The van der Waals surface area contributed by atoms with Gasteiger partial charge in [-0.1, -0.05) is 6.07 Å². The monoisotopic (exact) mass is 289 g/mol. The zero-order valence-corrected chi connectivity index (χ0v) is 11.4. The highest BCUT2D eigenvalue weighted by Crippen LogP contribution is 2.23. The number of amides is 1. The van der Waals surface area contributed by atoms with Gasteiger partial charge in [0.2, 0.25) is 0 Å². The summed E-state index contributed by atoms with van der Waals surface area (Å²) in [5, 5.41) is 7.73. The second-order valence-corrected chi connectivity index (χ2v) is 4.41. The van der Waals surface area contributed by atoms with Crippen molar-refractivity contribution in [3.05, 3.63) is 47.9 Å². The average Bonchev–Trinajstić information content (AvgIpc) is 2.48. The maximum Gasteiger partial charge on any atom is 0.269 e. The van der Waals surface area contributed by atoms with Gasteiger partial charge in [-0.15, -0.1) is 10.2 Å². The number of halogens is 1. The summed E-state index contributed by atoms with van der Waals surface area (Å²) < 4.78 is 13.4. The number of hydrogen-bond acceptors (Lipinski definition) is 5. The molecular formula is C14H16FN5O. The highest BCUT2D eigenvalue weighted by atomic mass is 19.1. The van der Waals surface area contributed by atoms with Crippen molar-refractivity contribution in [3.63, 3.8) is 0 Å². The van der Waals surface area contributed by atoms with E-state index in [1.807, 2.05) is 0 Å². The fraction of sp³-hybridized carbons (Fsp3) is 0.214. The van der Waals surface area contributed by atoms with Gasteiger partial charge in [0.1, 0.15) is 5.82 Å². The third-order valence-electron chi connectivity index (χ3n) is 2.89. The largest absolute Gasteiger partial charge is 0.364 e. The molecule has 21 heavy (non-hydrogen) atoms. The van der Waals surface area contributed by atoms with Crippen molar-refractivity contribution in [2.24, 2.45) is 11.5 Å². The van der Waals surface area contributed by atoms with Crippen molar-refractivity contribution in [3.8, 4) is 0 Å². The van der Waals surface area contributed by atoms with Crippen LogP contribution >= 0.6 is 0 Å². The Bertz CT molecular complexity index is 617. The molecule has 0 unspecified atom stereocenters. The van der Waals surface area contributed by atoms with Crippen LogP contribution in [0.1, 0.15) is 16.9 Å². The van der Waals surface area contributed by atoms with Crippen LogP contribution in [0.4, 0.5) is 15.9 Å². The Hall–Kier alpha value is -2.54. The van der Waals surface area contributed by atoms with Gasteiger partial charge in [-0.3, -0.25) is 4.79 Å². The van der Waals surface area contributed by atoms with Crippen LogP contribution in [0.3, 0.4) is 0 Å². The molecule has 1 heterocycles. The van der Waals surface area contributed by atoms with Crippen LogP contribution < -0.4 is 16.4 Å². The van der Waals surface area contributed by atoms with Gasteiger partial charge in [-0.05, 0) is 43.3 Å². The smallest absolute Gasteiger partial charge is 0.269 e. The first-order valence-electron chi connectivity index (χ1n) is 6.48. The molecule has 0 aliphatic carbocycles. The number of carbonyl (C=O) groups excluding carboxylic acids is 1. The zero-order chi connectivity index (χ0) is 15.2. The Labute approximate surface area is 121 Å². The molecule has 0 spiro atoms. The lowest BCUT2D eigenvalue weighted by molar-refractivity contribution is 0.0994. The third-order valence-corrected chi connectivity index (χ3v) is 2.89. The molecule has 0 radical (unpaired) electrons. The number of nitrogens with zero attached hydrogens (tertiary/aromatic N) is 3. The number of benzene rings is 1. The second kappa shape index (κ2) is 6.76. The third kappa shape index (κ3) is 3.73. The number of hydrogen-bond donors (Lipinski definition) is 2. The van der Waals surface area contributed by atoms with Gasteiger partial charge in [0.05, 0.1) is 0 Å². The van der Waals surface area contributed by atoms with Gasteiger partial charge in [0.25, 0.3) is 5.91 Å². The summed E-state index contributed by atoms with van der Waals surface area (Å²) in [6, 6.07) is 9.26. The number of nitrogens with two attached hydrogens (primary N) is 2. The van der Waals surface area contributed by atoms with Gasteiger partial charge in [-0.2, -0.15) is 0 Å². The molecule has 1 amide bonds. The van der Waals surface area contributed by atoms with Crippen molar-refractivity contribution >= 4 is 17.4 Å². The molecule has 0 saturated carbocycles. The number of rotatable bonds is 6. The van der Waals surface area contributed by atoms with E-state index < -0.39 is 5.91 Å². The Morgan fingerprint density at radius 3 is 2.62 bits per heavy atom. The molecule has 0 fully saturated rings. The maximum atomic E-state index is 13.4. The van der Waals surface area contributed by atoms with E-state index in [0.29, 0.717) is 31.0 Å². The topological polar surface area (TPSA) is 98.1 Å². The number of primary amides is 1. The van der Waals surface area contributed by atoms with Crippen LogP contribution in [-0.2, 0) is 0 Å². The first-order valence-corrected chi connectivity index (χ1v) is 6.48. The van der Waals surface area contributed by atoms with Crippen LogP contribution in [-0.4, -0.2) is 29.2 Å². The lowest BCUT2D eigenvalue weighted by Gasteiger charge is -2.23. The lowest BCUT2D eigenvalue weighted by Crippen LogP contribution is -2.23. The van der Waals surface area contributed by atoms with E-state index >= 15 is 0 Å². The summed E-state index contributed by atoms with van der Waals surface area (Å²) >= 11 is 0. The minimum Gasteiger partial charge on any atom is -0.364 e. The standard InChI is InChI=1S/C14H16FN5O/c15-10-3-1-4-11(9-10)20(8-2-7-16)13-6-5-12(14(17)21)18-19-13/h1,3-6,9H,2,7-8,16H2,(H2,17,21). The Balaban J connectivity index is 2.33. The number of aromatic nitrogens is 2. The average molecular weight is 289 g/mol. The summed E-state index contributed by atoms with van der Waals surface area (Å²) in [6.07, 6.45) is 0.704. The zero-order valence-electron chi connectivity index (χ0n) is 11.4. The maximum absolute atomic E-state index is 13.4. The summed E-state index contributed by atoms with van der Waals surface area (Å²) in [5.74, 6) is -0.487. The fourth-order valence-corrected chi connectivity index (χ4v) is 1.87. The van der Waals surface area contributed by atoms with Crippen LogP contribution in [0.15, 0.2) is 36.4 Å². The molecule has 0 saturated heterocycles. The van der Waals surface area contributed by atoms with E-state index in [9.17, 15) is 9.18 Å². The first kappa shape index (κ1) is 14.9. The van der Waals surface area contributed by atoms with E-state index in [-0.39, 0.29) is 11.5 Å². The summed E-state index contributed by atoms with van der Waals surface area (Å²) in [4.78, 5) is 12.8. The quantitative estimate of drug-likeness (QED) is 0.832. The van der Waals surface area contributed by atoms with Crippen molar-refractivity contribution < 1.29 is 9.18 Å². The van der Waals surface area contributed by atoms with E-state index in [4.69, 9.17) is 11.5 Å². The van der Waals surface area contributed by atoms with Gasteiger partial charge in [0.15, 0.2) is 11.5 Å². The molecule has 2 rings (SSSR count). The first-order chi connectivity index (χ1) is 10.1. The summed E-state index contributed by atoms with van der Waals surface area (Å²) in [5.41, 5.74) is 11.4. The van der Waals surface area contributed by atoms with E-state index in [0.717, 1.165) is 0 Å². The van der Waals surface area contributed by atoms with Crippen molar-refractivity contribution in [2.45, 2.75) is 6.42 Å². The molecular weight excluding hydrogens is 273 g/mol. The van der Waals surface area contributed by atoms with Crippen LogP contribution in [0, 0.1) is 5.82 Å². The molecule has 0 atom stereocenters. The van der Waals surface area contributed by atoms with Crippen LogP contribution in [0.5, 0.6) is 0 Å². The van der Waals surface area contributed by atoms with E-state index in [2.05, 4.69) is 10.2 Å². The fourth-order valence-electron chi connectivity index (χ4n) is 1.87. The predicted molar refractivity (Wildman–Crippen MR) is 77.6 cm³/mol. The molecule has 0 bridgehead atoms. The van der Waals surface area contributed by atoms with Gasteiger partial charge >= 0.3 is 0 Å². The van der Waals surface area contributed by atoms with Crippen molar-refractivity contribution in [1.82, 2.24) is 10.2 Å². The Kier molecular flexibility index (Phi) is 4.78. The Morgan fingerprint density at radius 2 is 2.05 bits per heavy atom. The normalized spacial score (nSPS) is 10.4. The molecule has 0 aliphatic heterocycles. The molecule has 1 aromatic carbocycles. The number of anilines is 2. The van der Waals surface area contributed by atoms with Crippen molar-refractivity contribution in [2.75, 3.05) is 18.0 Å². The predicted octanol–water partition coefficient (Wildman–Crippen LogP) is 1.20. The molecule has 4 N–H and O–H groups in total. The molecule has 1 aromatic heterocycles. The lowest BCUT2D eigenvalue weighted by atomic mass is 10.2. The Morgan fingerprint density at radius 1 is 1.24 bits per heavy atom. The molecule has 7 heteroatoms. The molecule has 0 aliphatic rings. The van der Waals surface area contributed by atoms with E-state index in [1.54, 1.807) is 23.1 Å². The highest BCUT2D eigenvalue weighted by molar-refractivity contribution is 5.90. The van der Waals surface area contributed by atoms with Gasteiger partial charge < -0.3 is 16.4 Å². The minimum absolute atomic E-state index is 0.0803. The molecule has 110 valence electrons. The molecule has 6 nitrogen and oxygen atoms in total. The second-order valence-electron chi connectivity index (χ2n) is 4.41. The SMILES string of the molecule is NCCCN(c1cccc(F)c1)c1ccc(C(N)=O)nn1. The summed E-state index contributed by atoms with van der Waals surface area (Å²) in [7, 11) is 0. The number of carbonyl (C=O) groups is 1. The minimum atomic E-state index is -0.645. The van der Waals surface area contributed by atoms with Crippen LogP contribution in [0.2, 0.25) is 0 Å². The van der Waals surface area contributed by atoms with E-state index in [1.165, 1.54) is 18.2 Å². The van der Waals surface area contributed by atoms with Crippen molar-refractivity contribution in [1.29, 1.82) is 0 Å². The van der Waals surface area contributed by atoms with Gasteiger partial charge in [0, 0.05) is 12.2 Å². The molecule has 2 aromatic rings. The summed E-state index contributed by atoms with van der Waals surface area (Å²) in [6.45, 7) is 1.06.